The number of hydrogen-bond donors (Lipinski definition) is 4. The van der Waals surface area contributed by atoms with E-state index in [-0.39, 0.29) is 42.6 Å². The molecule has 202 valence electrons. The molecule has 2 heterocycles. The fourth-order valence-corrected chi connectivity index (χ4v) is 3.66. The van der Waals surface area contributed by atoms with Gasteiger partial charge in [-0.1, -0.05) is 18.2 Å². The number of nitrogens with one attached hydrogen (secondary N) is 3. The maximum Gasteiger partial charge on any atom is 0.180 e. The van der Waals surface area contributed by atoms with Crippen molar-refractivity contribution in [2.75, 3.05) is 38.1 Å². The highest BCUT2D eigenvalue weighted by molar-refractivity contribution is 6.12. The van der Waals surface area contributed by atoms with Crippen molar-refractivity contribution in [1.82, 2.24) is 15.0 Å². The zero-order chi connectivity index (χ0) is 27.8. The van der Waals surface area contributed by atoms with E-state index in [1.54, 1.807) is 42.7 Å². The van der Waals surface area contributed by atoms with E-state index < -0.39 is 11.6 Å². The van der Waals surface area contributed by atoms with Crippen molar-refractivity contribution in [3.63, 3.8) is 0 Å². The summed E-state index contributed by atoms with van der Waals surface area (Å²) in [5.41, 5.74) is 1.22. The van der Waals surface area contributed by atoms with Gasteiger partial charge in [0.25, 0.3) is 0 Å². The maximum atomic E-state index is 14.6. The van der Waals surface area contributed by atoms with Gasteiger partial charge >= 0.3 is 0 Å². The molecule has 0 bridgehead atoms. The Balaban J connectivity index is 1.58. The molecule has 0 saturated carbocycles. The molecule has 0 fully saturated rings. The Kier molecular flexibility index (Phi) is 8.79. The molecule has 0 saturated heterocycles. The van der Waals surface area contributed by atoms with Crippen LogP contribution in [0.2, 0.25) is 0 Å². The number of halogens is 2. The first kappa shape index (κ1) is 27.2. The zero-order valence-electron chi connectivity index (χ0n) is 21.2. The van der Waals surface area contributed by atoms with Crippen molar-refractivity contribution >= 4 is 22.9 Å². The van der Waals surface area contributed by atoms with E-state index in [2.05, 4.69) is 25.6 Å². The van der Waals surface area contributed by atoms with Gasteiger partial charge < -0.3 is 30.0 Å². The van der Waals surface area contributed by atoms with E-state index in [0.29, 0.717) is 34.3 Å². The fourth-order valence-electron chi connectivity index (χ4n) is 3.66. The maximum absolute atomic E-state index is 14.6. The summed E-state index contributed by atoms with van der Waals surface area (Å²) in [7, 11) is 2.99. The largest absolute Gasteiger partial charge is 0.493 e. The molecule has 2 aromatic heterocycles. The lowest BCUT2D eigenvalue weighted by Crippen LogP contribution is -2.13. The monoisotopic (exact) mass is 536 g/mol. The van der Waals surface area contributed by atoms with Crippen LogP contribution in [-0.2, 0) is 6.54 Å². The van der Waals surface area contributed by atoms with Crippen molar-refractivity contribution in [2.24, 2.45) is 0 Å². The Morgan fingerprint density at radius 2 is 1.74 bits per heavy atom. The van der Waals surface area contributed by atoms with Gasteiger partial charge in [0.1, 0.15) is 29.7 Å². The molecule has 4 aromatic rings. The van der Waals surface area contributed by atoms with E-state index >= 15 is 0 Å². The summed E-state index contributed by atoms with van der Waals surface area (Å²) in [6.07, 6.45) is 4.57. The van der Waals surface area contributed by atoms with Crippen LogP contribution >= 0.6 is 0 Å². The van der Waals surface area contributed by atoms with Gasteiger partial charge in [0.05, 0.1) is 38.9 Å². The van der Waals surface area contributed by atoms with Crippen LogP contribution in [0.15, 0.2) is 61.1 Å². The topological polar surface area (TPSA) is 134 Å². The first-order chi connectivity index (χ1) is 18.9. The number of anilines is 3. The Morgan fingerprint density at radius 3 is 2.46 bits per heavy atom. The summed E-state index contributed by atoms with van der Waals surface area (Å²) in [4.78, 5) is 12.8. The van der Waals surface area contributed by atoms with Crippen LogP contribution in [0, 0.1) is 17.0 Å². The second-order valence-electron chi connectivity index (χ2n) is 8.02. The molecule has 0 amide bonds. The SMILES string of the molecule is COc1cnccc1Nc1nc(C(=N)c2ccccc2NCc2c(F)cc(OCCO)cc2F)ncc1OC. The molecular formula is C27H26F2N6O4. The van der Waals surface area contributed by atoms with Gasteiger partial charge in [-0.2, -0.15) is 0 Å². The van der Waals surface area contributed by atoms with Crippen LogP contribution in [0.4, 0.5) is 26.0 Å². The first-order valence-electron chi connectivity index (χ1n) is 11.7. The normalized spacial score (nSPS) is 10.6. The predicted octanol–water partition coefficient (Wildman–Crippen LogP) is 4.31. The van der Waals surface area contributed by atoms with Crippen LogP contribution in [0.3, 0.4) is 0 Å². The van der Waals surface area contributed by atoms with Crippen LogP contribution in [-0.4, -0.2) is 53.2 Å². The number of aliphatic hydroxyl groups is 1. The average Bonchev–Trinajstić information content (AvgIpc) is 2.95. The summed E-state index contributed by atoms with van der Waals surface area (Å²) in [6, 6.07) is 10.6. The molecule has 10 nitrogen and oxygen atoms in total. The minimum absolute atomic E-state index is 0.0181. The Labute approximate surface area is 223 Å². The lowest BCUT2D eigenvalue weighted by atomic mass is 10.1. The number of methoxy groups -OCH3 is 2. The Hall–Kier alpha value is -4.84. The van der Waals surface area contributed by atoms with E-state index in [4.69, 9.17) is 24.7 Å². The molecule has 2 aromatic carbocycles. The zero-order valence-corrected chi connectivity index (χ0v) is 21.2. The van der Waals surface area contributed by atoms with Gasteiger partial charge in [-0.15, -0.1) is 0 Å². The molecular weight excluding hydrogens is 510 g/mol. The number of pyridine rings is 1. The lowest BCUT2D eigenvalue weighted by molar-refractivity contribution is 0.200. The molecule has 0 aliphatic rings. The van der Waals surface area contributed by atoms with Crippen molar-refractivity contribution in [3.8, 4) is 17.2 Å². The summed E-state index contributed by atoms with van der Waals surface area (Å²) >= 11 is 0. The van der Waals surface area contributed by atoms with Crippen molar-refractivity contribution in [1.29, 1.82) is 5.41 Å². The molecule has 0 spiro atoms. The quantitative estimate of drug-likeness (QED) is 0.195. The molecule has 0 aliphatic heterocycles. The van der Waals surface area contributed by atoms with Crippen LogP contribution in [0.25, 0.3) is 0 Å². The number of benzene rings is 2. The van der Waals surface area contributed by atoms with E-state index in [9.17, 15) is 8.78 Å². The molecule has 0 atom stereocenters. The second kappa shape index (κ2) is 12.6. The van der Waals surface area contributed by atoms with Gasteiger partial charge in [-0.3, -0.25) is 10.4 Å². The number of rotatable bonds is 12. The summed E-state index contributed by atoms with van der Waals surface area (Å²) in [6.45, 7) is -0.546. The standard InChI is InChI=1S/C27H26F2N6O4/c1-37-23-14-31-8-7-22(23)34-26-24(38-2)15-33-27(35-26)25(30)17-5-3-4-6-21(17)32-13-18-19(28)11-16(12-20(18)29)39-10-9-36/h3-8,11-12,14-15,30,32,36H,9-10,13H2,1-2H3,(H,31,33,34,35). The number of nitrogens with zero attached hydrogens (tertiary/aromatic N) is 3. The summed E-state index contributed by atoms with van der Waals surface area (Å²) < 4.78 is 45.0. The third-order valence-electron chi connectivity index (χ3n) is 5.58. The Bertz CT molecular complexity index is 1450. The smallest absolute Gasteiger partial charge is 0.180 e. The molecule has 0 radical (unpaired) electrons. The van der Waals surface area contributed by atoms with Gasteiger partial charge in [-0.25, -0.2) is 18.7 Å². The number of para-hydroxylation sites is 1. The van der Waals surface area contributed by atoms with Gasteiger partial charge in [0, 0.05) is 41.7 Å². The highest BCUT2D eigenvalue weighted by Gasteiger charge is 2.18. The molecule has 0 aliphatic carbocycles. The predicted molar refractivity (Wildman–Crippen MR) is 141 cm³/mol. The van der Waals surface area contributed by atoms with Gasteiger partial charge in [0.15, 0.2) is 23.1 Å². The third kappa shape index (κ3) is 6.36. The van der Waals surface area contributed by atoms with Crippen molar-refractivity contribution < 1.29 is 28.1 Å². The fraction of sp³-hybridized carbons (Fsp3) is 0.185. The molecule has 4 rings (SSSR count). The van der Waals surface area contributed by atoms with E-state index in [0.717, 1.165) is 12.1 Å². The molecule has 12 heteroatoms. The number of aromatic nitrogens is 3. The van der Waals surface area contributed by atoms with Crippen molar-refractivity contribution in [3.05, 3.63) is 89.6 Å². The number of ether oxygens (including phenoxy) is 3. The van der Waals surface area contributed by atoms with Gasteiger partial charge in [0.2, 0.25) is 0 Å². The molecule has 0 unspecified atom stereocenters. The first-order valence-corrected chi connectivity index (χ1v) is 11.7. The number of aliphatic hydroxyl groups excluding tert-OH is 1. The highest BCUT2D eigenvalue weighted by atomic mass is 19.1. The summed E-state index contributed by atoms with van der Waals surface area (Å²) in [5, 5.41) is 23.8. The minimum atomic E-state index is -0.802. The lowest BCUT2D eigenvalue weighted by Gasteiger charge is -2.16. The number of hydrogen-bond acceptors (Lipinski definition) is 10. The molecule has 39 heavy (non-hydrogen) atoms. The van der Waals surface area contributed by atoms with Crippen LogP contribution < -0.4 is 24.8 Å². The molecule has 4 N–H and O–H groups in total. The Morgan fingerprint density at radius 1 is 1.00 bits per heavy atom. The van der Waals surface area contributed by atoms with E-state index in [1.807, 2.05) is 0 Å². The second-order valence-corrected chi connectivity index (χ2v) is 8.02. The van der Waals surface area contributed by atoms with Gasteiger partial charge in [-0.05, 0) is 12.1 Å². The van der Waals surface area contributed by atoms with Crippen LogP contribution in [0.5, 0.6) is 17.2 Å². The summed E-state index contributed by atoms with van der Waals surface area (Å²) in [5.74, 6) is -0.410. The van der Waals surface area contributed by atoms with E-state index in [1.165, 1.54) is 20.4 Å². The average molecular weight is 537 g/mol. The van der Waals surface area contributed by atoms with Crippen LogP contribution in [0.1, 0.15) is 17.0 Å². The van der Waals surface area contributed by atoms with Crippen molar-refractivity contribution in [2.45, 2.75) is 6.54 Å². The third-order valence-corrected chi connectivity index (χ3v) is 5.58. The highest BCUT2D eigenvalue weighted by Crippen LogP contribution is 2.31. The minimum Gasteiger partial charge on any atom is -0.493 e.